The number of hydrogen-bond acceptors (Lipinski definition) is 4. The number of rotatable bonds is 0. The van der Waals surface area contributed by atoms with Gasteiger partial charge in [0.15, 0.2) is 11.4 Å². The molecule has 0 amide bonds. The van der Waals surface area contributed by atoms with Gasteiger partial charge in [0, 0.05) is 11.5 Å². The molecule has 0 fully saturated rings. The van der Waals surface area contributed by atoms with Crippen molar-refractivity contribution in [2.75, 3.05) is 9.80 Å². The quantitative estimate of drug-likeness (QED) is 0.168. The molecule has 1 unspecified atom stereocenters. The molecule has 6 aliphatic heterocycles. The highest BCUT2D eigenvalue weighted by molar-refractivity contribution is 8.00. The third-order valence-corrected chi connectivity index (χ3v) is 12.7. The summed E-state index contributed by atoms with van der Waals surface area (Å²) in [5, 5.41) is 0. The van der Waals surface area contributed by atoms with E-state index in [-0.39, 0.29) is 5.41 Å². The zero-order valence-electron chi connectivity index (χ0n) is 23.4. The molecular weight excluding hydrogens is 567 g/mol. The Labute approximate surface area is 256 Å². The third kappa shape index (κ3) is 2.09. The van der Waals surface area contributed by atoms with Crippen LogP contribution in [0.2, 0.25) is 0 Å². The van der Waals surface area contributed by atoms with Crippen LogP contribution in [0, 0.1) is 0 Å². The Hall–Kier alpha value is -4.46. The number of aromatic nitrogens is 3. The molecule has 0 saturated heterocycles. The number of benzene rings is 4. The topological polar surface area (TPSA) is 19.2 Å². The summed E-state index contributed by atoms with van der Waals surface area (Å²) in [6, 6.07) is 32.1. The Morgan fingerprint density at radius 3 is 2.26 bits per heavy atom. The van der Waals surface area contributed by atoms with Crippen molar-refractivity contribution >= 4 is 57.8 Å². The van der Waals surface area contributed by atoms with Gasteiger partial charge in [0.05, 0.1) is 44.1 Å². The number of para-hydroxylation sites is 2. The van der Waals surface area contributed by atoms with E-state index in [4.69, 9.17) is 0 Å². The van der Waals surface area contributed by atoms with E-state index in [0.717, 1.165) is 0 Å². The molecule has 0 saturated carbocycles. The van der Waals surface area contributed by atoms with E-state index in [1.54, 1.807) is 0 Å². The van der Waals surface area contributed by atoms with Crippen LogP contribution in [0.1, 0.15) is 36.1 Å². The first-order valence-electron chi connectivity index (χ1n) is 14.8. The summed E-state index contributed by atoms with van der Waals surface area (Å²) in [6.45, 7) is 4.79. The van der Waals surface area contributed by atoms with Crippen molar-refractivity contribution in [1.29, 1.82) is 0 Å². The van der Waals surface area contributed by atoms with Gasteiger partial charge in [0.1, 0.15) is 21.7 Å². The van der Waals surface area contributed by atoms with E-state index >= 15 is 0 Å². The molecule has 43 heavy (non-hydrogen) atoms. The van der Waals surface area contributed by atoms with Crippen molar-refractivity contribution < 1.29 is 9.25 Å². The fraction of sp³-hybridized carbons (Fsp3) is 0.111. The largest absolute Gasteiger partial charge is 0.394 e. The molecule has 2 aromatic heterocycles. The molecule has 0 bridgehead atoms. The number of anilines is 6. The lowest BCUT2D eigenvalue weighted by molar-refractivity contribution is -0.991. The molecule has 0 aliphatic carbocycles. The van der Waals surface area contributed by atoms with Crippen molar-refractivity contribution in [1.82, 2.24) is 4.68 Å². The second-order valence-corrected chi connectivity index (χ2v) is 14.9. The van der Waals surface area contributed by atoms with Gasteiger partial charge in [-0.05, 0) is 59.7 Å². The van der Waals surface area contributed by atoms with Crippen LogP contribution in [-0.4, -0.2) is 4.68 Å². The summed E-state index contributed by atoms with van der Waals surface area (Å²) >= 11 is 3.82. The van der Waals surface area contributed by atoms with E-state index in [0.29, 0.717) is 0 Å². The zero-order valence-corrected chi connectivity index (χ0v) is 25.0. The van der Waals surface area contributed by atoms with Gasteiger partial charge in [-0.3, -0.25) is 0 Å². The molecule has 202 valence electrons. The number of fused-ring (bicyclic) bond motifs is 5. The minimum atomic E-state index is -0.573. The van der Waals surface area contributed by atoms with Gasteiger partial charge in [0.25, 0.3) is 0 Å². The van der Waals surface area contributed by atoms with Gasteiger partial charge in [-0.25, -0.2) is 0 Å². The van der Waals surface area contributed by atoms with Crippen LogP contribution in [0.25, 0.3) is 5.69 Å². The van der Waals surface area contributed by atoms with Gasteiger partial charge >= 0.3 is 11.5 Å². The van der Waals surface area contributed by atoms with Crippen molar-refractivity contribution in [2.45, 2.75) is 44.5 Å². The van der Waals surface area contributed by atoms with Gasteiger partial charge in [-0.15, -0.1) is 4.68 Å². The zero-order chi connectivity index (χ0) is 28.0. The second-order valence-electron chi connectivity index (χ2n) is 12.7. The summed E-state index contributed by atoms with van der Waals surface area (Å²) in [5.41, 5.74) is 12.5. The molecule has 6 aliphatic rings. The highest BCUT2D eigenvalue weighted by Gasteiger charge is 2.72. The van der Waals surface area contributed by atoms with Gasteiger partial charge in [-0.1, -0.05) is 72.4 Å². The predicted octanol–water partition coefficient (Wildman–Crippen LogP) is 7.80. The molecule has 12 rings (SSSR count). The molecule has 5 nitrogen and oxygen atoms in total. The van der Waals surface area contributed by atoms with Gasteiger partial charge in [0.2, 0.25) is 6.20 Å². The van der Waals surface area contributed by atoms with Gasteiger partial charge in [-0.2, -0.15) is 9.47 Å². The molecule has 6 aromatic rings. The maximum absolute atomic E-state index is 2.59. The lowest BCUT2D eigenvalue weighted by Gasteiger charge is -2.49. The van der Waals surface area contributed by atoms with Crippen molar-refractivity contribution in [2.24, 2.45) is 0 Å². The van der Waals surface area contributed by atoms with Crippen LogP contribution in [0.4, 0.5) is 34.3 Å². The first kappa shape index (κ1) is 22.1. The predicted molar refractivity (Wildman–Crippen MR) is 167 cm³/mol. The van der Waals surface area contributed by atoms with E-state index in [2.05, 4.69) is 141 Å². The van der Waals surface area contributed by atoms with E-state index in [1.165, 1.54) is 81.8 Å². The summed E-state index contributed by atoms with van der Waals surface area (Å²) in [4.78, 5) is 10.4. The fourth-order valence-electron chi connectivity index (χ4n) is 8.96. The van der Waals surface area contributed by atoms with Crippen LogP contribution < -0.4 is 19.0 Å². The van der Waals surface area contributed by atoms with Crippen molar-refractivity contribution in [3.63, 3.8) is 0 Å². The fourth-order valence-corrected chi connectivity index (χ4v) is 11.2. The highest BCUT2D eigenvalue weighted by Crippen LogP contribution is 2.69. The molecule has 0 radical (unpaired) electrons. The van der Waals surface area contributed by atoms with Crippen LogP contribution in [0.15, 0.2) is 123 Å². The Morgan fingerprint density at radius 2 is 1.35 bits per heavy atom. The van der Waals surface area contributed by atoms with Crippen LogP contribution in [0.5, 0.6) is 0 Å². The molecule has 0 N–H and O–H groups in total. The van der Waals surface area contributed by atoms with E-state index in [1.807, 2.05) is 23.5 Å². The molecule has 7 heteroatoms. The second kappa shape index (κ2) is 6.69. The molecule has 1 atom stereocenters. The minimum absolute atomic E-state index is 0.146. The monoisotopic (exact) mass is 589 g/mol. The van der Waals surface area contributed by atoms with Crippen LogP contribution >= 0.6 is 23.5 Å². The Bertz CT molecular complexity index is 2360. The number of pyridine rings is 1. The first-order chi connectivity index (χ1) is 21.1. The smallest absolute Gasteiger partial charge is 0.308 e. The Morgan fingerprint density at radius 1 is 0.581 bits per heavy atom. The lowest BCUT2D eigenvalue weighted by atomic mass is 9.69. The summed E-state index contributed by atoms with van der Waals surface area (Å²) in [7, 11) is 0. The Kier molecular flexibility index (Phi) is 3.44. The molecule has 1 spiro atoms. The maximum atomic E-state index is 2.59. The number of nitrogens with zero attached hydrogens (tertiary/aromatic N) is 5. The maximum Gasteiger partial charge on any atom is 0.394 e. The number of hydrogen-bond donors (Lipinski definition) is 0. The third-order valence-electron chi connectivity index (χ3n) is 10.5. The molecule has 4 aromatic carbocycles. The van der Waals surface area contributed by atoms with Gasteiger partial charge < -0.3 is 4.90 Å². The SMILES string of the molecule is CC1(C)c2ccccc2N2c3ccc4c5c3C3(c6c(ccc1c62)-n1ccc[n+]13)[n+]1cccc2c1N5c1c(cccc1S2)S4. The van der Waals surface area contributed by atoms with Crippen LogP contribution in [0.3, 0.4) is 0 Å². The molecule has 8 heterocycles. The van der Waals surface area contributed by atoms with E-state index < -0.39 is 5.66 Å². The normalized spacial score (nSPS) is 20.3. The Balaban J connectivity index is 1.35. The molecular formula is C36H23N5S2+2. The minimum Gasteiger partial charge on any atom is -0.308 e. The van der Waals surface area contributed by atoms with Crippen LogP contribution in [-0.2, 0) is 11.1 Å². The first-order valence-corrected chi connectivity index (χ1v) is 16.4. The summed E-state index contributed by atoms with van der Waals surface area (Å²) in [6.07, 6.45) is 6.83. The van der Waals surface area contributed by atoms with Crippen molar-refractivity contribution in [3.8, 4) is 5.69 Å². The standard InChI is InChI=1S/C36H23N5S2/c1-35(2)20-8-3-4-9-22(20)40-24-15-16-27-33-30(24)36(29-23(14-13-21(35)31(29)40)38-18-7-19-39(36)38)37-17-6-12-28-34(37)41(33)32-25(42-27)10-5-11-26(32)43-28/h3-19H,1-2H3/q+2. The lowest BCUT2D eigenvalue weighted by Crippen LogP contribution is -2.77. The van der Waals surface area contributed by atoms with E-state index in [9.17, 15) is 0 Å². The average molecular weight is 590 g/mol. The highest BCUT2D eigenvalue weighted by atomic mass is 32.2. The summed E-state index contributed by atoms with van der Waals surface area (Å²) < 4.78 is 7.46. The average Bonchev–Trinajstić information content (AvgIpc) is 3.62. The van der Waals surface area contributed by atoms with Crippen molar-refractivity contribution in [3.05, 3.63) is 126 Å². The summed E-state index contributed by atoms with van der Waals surface area (Å²) in [5.74, 6) is 1.26.